The molecular formula is C22H25Cl2N3O2S. The molecule has 1 aromatic heterocycles. The second kappa shape index (κ2) is 8.95. The van der Waals surface area contributed by atoms with Crippen molar-refractivity contribution in [3.8, 4) is 0 Å². The number of carbonyl (C=O) groups is 1. The van der Waals surface area contributed by atoms with E-state index >= 15 is 0 Å². The monoisotopic (exact) mass is 465 g/mol. The fraction of sp³-hybridized carbons (Fsp3) is 0.455. The maximum absolute atomic E-state index is 13.0. The first-order valence-electron chi connectivity index (χ1n) is 10.1. The third kappa shape index (κ3) is 5.05. The topological polar surface area (TPSA) is 54.5 Å². The van der Waals surface area contributed by atoms with Gasteiger partial charge in [-0.15, -0.1) is 0 Å². The van der Waals surface area contributed by atoms with Crippen molar-refractivity contribution in [3.63, 3.8) is 0 Å². The Balaban J connectivity index is 1.55. The van der Waals surface area contributed by atoms with E-state index < -0.39 is 0 Å². The normalized spacial score (nSPS) is 20.9. The van der Waals surface area contributed by atoms with Crippen LogP contribution in [0.2, 0.25) is 10.0 Å². The molecule has 1 aromatic carbocycles. The Kier molecular flexibility index (Phi) is 6.49. The minimum Gasteiger partial charge on any atom is -0.376 e. The number of hydrogen-bond donors (Lipinski definition) is 1. The van der Waals surface area contributed by atoms with Crippen LogP contribution in [0.5, 0.6) is 0 Å². The number of carbonyl (C=O) groups excluding carboxylic acids is 1. The van der Waals surface area contributed by atoms with E-state index in [-0.39, 0.29) is 11.5 Å². The highest BCUT2D eigenvalue weighted by Gasteiger charge is 2.30. The number of benzene rings is 1. The van der Waals surface area contributed by atoms with Crippen LogP contribution < -0.4 is 9.62 Å². The molecular weight excluding hydrogens is 441 g/mol. The van der Waals surface area contributed by atoms with Gasteiger partial charge in [-0.25, -0.2) is 4.98 Å². The lowest BCUT2D eigenvalue weighted by Crippen LogP contribution is -2.33. The van der Waals surface area contributed by atoms with Crippen LogP contribution in [0.4, 0.5) is 11.5 Å². The van der Waals surface area contributed by atoms with Crippen LogP contribution in [0, 0.1) is 0 Å². The molecule has 160 valence electrons. The molecule has 0 radical (unpaired) electrons. The summed E-state index contributed by atoms with van der Waals surface area (Å²) in [5, 5.41) is 3.89. The average molecular weight is 466 g/mol. The summed E-state index contributed by atoms with van der Waals surface area (Å²) in [7, 11) is 0. The van der Waals surface area contributed by atoms with Crippen molar-refractivity contribution < 1.29 is 9.53 Å². The van der Waals surface area contributed by atoms with Gasteiger partial charge in [0.15, 0.2) is 0 Å². The number of rotatable bonds is 4. The number of hydrogen-bond acceptors (Lipinski definition) is 5. The zero-order valence-corrected chi connectivity index (χ0v) is 19.4. The molecule has 1 atom stereocenters. The van der Waals surface area contributed by atoms with Crippen molar-refractivity contribution in [1.82, 2.24) is 4.98 Å². The minimum atomic E-state index is -0.270. The van der Waals surface area contributed by atoms with Gasteiger partial charge in [0, 0.05) is 35.8 Å². The Morgan fingerprint density at radius 3 is 2.87 bits per heavy atom. The summed E-state index contributed by atoms with van der Waals surface area (Å²) < 4.78 is 7.93. The van der Waals surface area contributed by atoms with Gasteiger partial charge < -0.3 is 14.4 Å². The van der Waals surface area contributed by atoms with E-state index in [0.29, 0.717) is 27.2 Å². The fourth-order valence-electron chi connectivity index (χ4n) is 4.00. The van der Waals surface area contributed by atoms with Crippen molar-refractivity contribution >= 4 is 52.6 Å². The molecule has 2 aliphatic rings. The second-order valence-electron chi connectivity index (χ2n) is 8.34. The number of halogens is 2. The van der Waals surface area contributed by atoms with Gasteiger partial charge in [0.1, 0.15) is 5.82 Å². The van der Waals surface area contributed by atoms with Crippen LogP contribution >= 0.6 is 35.1 Å². The van der Waals surface area contributed by atoms with Gasteiger partial charge in [0.2, 0.25) is 0 Å². The van der Waals surface area contributed by atoms with Gasteiger partial charge in [0.05, 0.1) is 16.2 Å². The number of amides is 1. The molecule has 0 spiro atoms. The predicted octanol–water partition coefficient (Wildman–Crippen LogP) is 6.17. The first kappa shape index (κ1) is 21.8. The molecule has 1 N–H and O–H groups in total. The molecule has 0 aliphatic carbocycles. The van der Waals surface area contributed by atoms with E-state index in [1.165, 1.54) is 6.20 Å². The maximum atomic E-state index is 13.0. The van der Waals surface area contributed by atoms with Crippen molar-refractivity contribution in [2.45, 2.75) is 44.6 Å². The molecule has 2 fully saturated rings. The van der Waals surface area contributed by atoms with Gasteiger partial charge in [0.25, 0.3) is 5.91 Å². The van der Waals surface area contributed by atoms with Crippen LogP contribution in [0.15, 0.2) is 30.5 Å². The van der Waals surface area contributed by atoms with Crippen molar-refractivity contribution in [1.29, 1.82) is 0 Å². The smallest absolute Gasteiger partial charge is 0.257 e. The number of nitrogens with zero attached hydrogens (tertiary/aromatic N) is 2. The summed E-state index contributed by atoms with van der Waals surface area (Å²) >= 11 is 14.4. The third-order valence-corrected chi connectivity index (χ3v) is 7.11. The summed E-state index contributed by atoms with van der Waals surface area (Å²) in [6.45, 7) is 5.84. The molecule has 30 heavy (non-hydrogen) atoms. The highest BCUT2D eigenvalue weighted by molar-refractivity contribution is 8.00. The predicted molar refractivity (Wildman–Crippen MR) is 125 cm³/mol. The van der Waals surface area contributed by atoms with Gasteiger partial charge in [-0.05, 0) is 80.8 Å². The molecule has 2 aromatic rings. The Bertz CT molecular complexity index is 948. The lowest BCUT2D eigenvalue weighted by Gasteiger charge is -2.36. The molecule has 1 amide bonds. The molecule has 8 heteroatoms. The van der Waals surface area contributed by atoms with Crippen LogP contribution in [0.25, 0.3) is 0 Å². The fourth-order valence-corrected chi connectivity index (χ4v) is 5.40. The van der Waals surface area contributed by atoms with Gasteiger partial charge >= 0.3 is 0 Å². The van der Waals surface area contributed by atoms with E-state index in [4.69, 9.17) is 27.9 Å². The van der Waals surface area contributed by atoms with E-state index in [1.54, 1.807) is 24.1 Å². The van der Waals surface area contributed by atoms with Gasteiger partial charge in [-0.2, -0.15) is 0 Å². The summed E-state index contributed by atoms with van der Waals surface area (Å²) in [5.41, 5.74) is 2.02. The van der Waals surface area contributed by atoms with E-state index in [9.17, 15) is 4.79 Å². The summed E-state index contributed by atoms with van der Waals surface area (Å²) in [6, 6.07) is 7.50. The Morgan fingerprint density at radius 1 is 1.30 bits per heavy atom. The number of ether oxygens (including phenoxy) is 1. The highest BCUT2D eigenvalue weighted by atomic mass is 35.5. The number of pyridine rings is 1. The third-order valence-electron chi connectivity index (χ3n) is 5.44. The quantitative estimate of drug-likeness (QED) is 0.546. The molecule has 1 unspecified atom stereocenters. The summed E-state index contributed by atoms with van der Waals surface area (Å²) in [6.07, 6.45) is 4.49. The molecule has 2 aliphatic heterocycles. The SMILES string of the molecule is CC1(C)CC(c2cc(Cl)cc(NC(=O)c3cc(N4CCCS4)ncc3Cl)c2)CCO1. The van der Waals surface area contributed by atoms with Gasteiger partial charge in [-0.3, -0.25) is 4.79 Å². The first-order valence-corrected chi connectivity index (χ1v) is 11.8. The Morgan fingerprint density at radius 2 is 2.13 bits per heavy atom. The van der Waals surface area contributed by atoms with E-state index in [0.717, 1.165) is 49.5 Å². The van der Waals surface area contributed by atoms with Crippen molar-refractivity contribution in [2.75, 3.05) is 28.5 Å². The van der Waals surface area contributed by atoms with Crippen LogP contribution in [-0.2, 0) is 4.74 Å². The van der Waals surface area contributed by atoms with Gasteiger partial charge in [-0.1, -0.05) is 23.2 Å². The zero-order chi connectivity index (χ0) is 21.3. The largest absolute Gasteiger partial charge is 0.376 e. The number of anilines is 2. The second-order valence-corrected chi connectivity index (χ2v) is 10.3. The van der Waals surface area contributed by atoms with Crippen LogP contribution in [0.1, 0.15) is 54.9 Å². The van der Waals surface area contributed by atoms with E-state index in [1.807, 2.05) is 12.1 Å². The Hall–Kier alpha value is -1.47. The maximum Gasteiger partial charge on any atom is 0.257 e. The first-order chi connectivity index (χ1) is 14.3. The molecule has 5 nitrogen and oxygen atoms in total. The number of nitrogens with one attached hydrogen (secondary N) is 1. The summed E-state index contributed by atoms with van der Waals surface area (Å²) in [5.74, 6) is 1.88. The van der Waals surface area contributed by atoms with Crippen molar-refractivity contribution in [3.05, 3.63) is 51.6 Å². The molecule has 2 saturated heterocycles. The minimum absolute atomic E-state index is 0.163. The lowest BCUT2D eigenvalue weighted by molar-refractivity contribution is -0.0593. The molecule has 0 bridgehead atoms. The summed E-state index contributed by atoms with van der Waals surface area (Å²) in [4.78, 5) is 17.4. The lowest BCUT2D eigenvalue weighted by atomic mass is 9.83. The standard InChI is InChI=1S/C22H25Cl2N3O2S/c1-22(2)12-14(4-6-29-22)15-8-16(23)10-17(9-15)26-21(28)18-11-20(25-13-19(18)24)27-5-3-7-30-27/h8-11,13-14H,3-7,12H2,1-2H3,(H,26,28). The van der Waals surface area contributed by atoms with E-state index in [2.05, 4.69) is 28.5 Å². The molecule has 4 rings (SSSR count). The molecule has 0 saturated carbocycles. The van der Waals surface area contributed by atoms with Crippen LogP contribution in [-0.4, -0.2) is 35.4 Å². The number of aromatic nitrogens is 1. The Labute approximate surface area is 191 Å². The average Bonchev–Trinajstić information content (AvgIpc) is 3.22. The molecule has 3 heterocycles. The highest BCUT2D eigenvalue weighted by Crippen LogP contribution is 2.38. The van der Waals surface area contributed by atoms with Crippen molar-refractivity contribution in [2.24, 2.45) is 0 Å². The zero-order valence-electron chi connectivity index (χ0n) is 17.1. The van der Waals surface area contributed by atoms with Crippen LogP contribution in [0.3, 0.4) is 0 Å².